The third kappa shape index (κ3) is 2.64. The second kappa shape index (κ2) is 4.57. The minimum atomic E-state index is -0.247. The van der Waals surface area contributed by atoms with E-state index in [-0.39, 0.29) is 24.2 Å². The molecule has 0 saturated carbocycles. The molecule has 0 aromatic heterocycles. The molecule has 17 heavy (non-hydrogen) atoms. The minimum Gasteiger partial charge on any atom is -0.355 e. The third-order valence-electron chi connectivity index (χ3n) is 2.99. The second-order valence-electron chi connectivity index (χ2n) is 4.51. The van der Waals surface area contributed by atoms with Crippen LogP contribution in [0.3, 0.4) is 0 Å². The Morgan fingerprint density at radius 2 is 2.18 bits per heavy atom. The predicted molar refractivity (Wildman–Crippen MR) is 65.7 cm³/mol. The van der Waals surface area contributed by atoms with Gasteiger partial charge in [0.2, 0.25) is 11.8 Å². The summed E-state index contributed by atoms with van der Waals surface area (Å²) in [5.41, 5.74) is 3.02. The van der Waals surface area contributed by atoms with Gasteiger partial charge in [0.15, 0.2) is 0 Å². The van der Waals surface area contributed by atoms with E-state index in [1.165, 1.54) is 5.56 Å². The highest BCUT2D eigenvalue weighted by Crippen LogP contribution is 2.18. The highest BCUT2D eigenvalue weighted by molar-refractivity contribution is 5.97. The van der Waals surface area contributed by atoms with Crippen LogP contribution in [0.25, 0.3) is 0 Å². The van der Waals surface area contributed by atoms with E-state index in [9.17, 15) is 9.59 Å². The van der Waals surface area contributed by atoms with Gasteiger partial charge in [0.1, 0.15) is 0 Å². The van der Waals surface area contributed by atoms with Crippen LogP contribution in [0, 0.1) is 19.8 Å². The molecule has 1 saturated heterocycles. The molecule has 1 unspecified atom stereocenters. The summed E-state index contributed by atoms with van der Waals surface area (Å²) in [4.78, 5) is 22.9. The minimum absolute atomic E-state index is 0.0502. The number of anilines is 1. The summed E-state index contributed by atoms with van der Waals surface area (Å²) in [7, 11) is 0. The van der Waals surface area contributed by atoms with Crippen molar-refractivity contribution in [3.63, 3.8) is 0 Å². The van der Waals surface area contributed by atoms with E-state index in [2.05, 4.69) is 10.6 Å². The lowest BCUT2D eigenvalue weighted by Gasteiger charge is -2.11. The zero-order valence-corrected chi connectivity index (χ0v) is 10.0. The molecule has 1 atom stereocenters. The fourth-order valence-electron chi connectivity index (χ4n) is 1.98. The molecule has 0 spiro atoms. The van der Waals surface area contributed by atoms with Gasteiger partial charge < -0.3 is 10.6 Å². The van der Waals surface area contributed by atoms with E-state index in [1.807, 2.05) is 32.0 Å². The molecule has 1 aliphatic rings. The highest BCUT2D eigenvalue weighted by atomic mass is 16.2. The summed E-state index contributed by atoms with van der Waals surface area (Å²) in [6.45, 7) is 4.41. The molecule has 0 aliphatic carbocycles. The number of rotatable bonds is 2. The van der Waals surface area contributed by atoms with Crippen LogP contribution in [-0.2, 0) is 9.59 Å². The smallest absolute Gasteiger partial charge is 0.229 e. The van der Waals surface area contributed by atoms with Crippen molar-refractivity contribution in [1.82, 2.24) is 5.32 Å². The molecule has 1 fully saturated rings. The summed E-state index contributed by atoms with van der Waals surface area (Å²) < 4.78 is 0. The van der Waals surface area contributed by atoms with Gasteiger partial charge in [-0.15, -0.1) is 0 Å². The normalized spacial score (nSPS) is 18.9. The van der Waals surface area contributed by atoms with Gasteiger partial charge in [-0.25, -0.2) is 0 Å². The van der Waals surface area contributed by atoms with E-state index in [0.717, 1.165) is 11.3 Å². The second-order valence-corrected chi connectivity index (χ2v) is 4.51. The SMILES string of the molecule is Cc1ccc(NC(=O)C2CNC(=O)C2)c(C)c1. The van der Waals surface area contributed by atoms with Crippen LogP contribution in [0.5, 0.6) is 0 Å². The molecule has 1 aromatic carbocycles. The number of nitrogens with one attached hydrogen (secondary N) is 2. The van der Waals surface area contributed by atoms with Gasteiger partial charge in [-0.1, -0.05) is 17.7 Å². The van der Waals surface area contributed by atoms with Crippen LogP contribution >= 0.6 is 0 Å². The Balaban J connectivity index is 2.05. The third-order valence-corrected chi connectivity index (χ3v) is 2.99. The van der Waals surface area contributed by atoms with Crippen molar-refractivity contribution < 1.29 is 9.59 Å². The van der Waals surface area contributed by atoms with Crippen LogP contribution in [-0.4, -0.2) is 18.4 Å². The fraction of sp³-hybridized carbons (Fsp3) is 0.385. The summed E-state index contributed by atoms with van der Waals surface area (Å²) in [6.07, 6.45) is 0.288. The van der Waals surface area contributed by atoms with Gasteiger partial charge in [0.05, 0.1) is 5.92 Å². The van der Waals surface area contributed by atoms with E-state index in [4.69, 9.17) is 0 Å². The van der Waals surface area contributed by atoms with Crippen molar-refractivity contribution in [1.29, 1.82) is 0 Å². The largest absolute Gasteiger partial charge is 0.355 e. The molecular formula is C13H16N2O2. The van der Waals surface area contributed by atoms with Crippen LogP contribution in [0.4, 0.5) is 5.69 Å². The van der Waals surface area contributed by atoms with Gasteiger partial charge >= 0.3 is 0 Å². The molecule has 4 heteroatoms. The summed E-state index contributed by atoms with van der Waals surface area (Å²) >= 11 is 0. The Morgan fingerprint density at radius 3 is 2.76 bits per heavy atom. The van der Waals surface area contributed by atoms with Gasteiger partial charge in [-0.3, -0.25) is 9.59 Å². The fourth-order valence-corrected chi connectivity index (χ4v) is 1.98. The molecule has 2 N–H and O–H groups in total. The number of carbonyl (C=O) groups is 2. The van der Waals surface area contributed by atoms with Crippen molar-refractivity contribution in [2.75, 3.05) is 11.9 Å². The first-order valence-electron chi connectivity index (χ1n) is 5.71. The Labute approximate surface area is 100 Å². The number of aryl methyl sites for hydroxylation is 2. The van der Waals surface area contributed by atoms with E-state index >= 15 is 0 Å². The number of carbonyl (C=O) groups excluding carboxylic acids is 2. The molecule has 2 rings (SSSR count). The number of hydrogen-bond acceptors (Lipinski definition) is 2. The van der Waals surface area contributed by atoms with Crippen molar-refractivity contribution in [2.45, 2.75) is 20.3 Å². The van der Waals surface area contributed by atoms with E-state index in [0.29, 0.717) is 6.54 Å². The summed E-state index contributed by atoms with van der Waals surface area (Å²) in [5.74, 6) is -0.385. The lowest BCUT2D eigenvalue weighted by atomic mass is 10.1. The zero-order valence-electron chi connectivity index (χ0n) is 10.0. The van der Waals surface area contributed by atoms with Crippen molar-refractivity contribution in [2.24, 2.45) is 5.92 Å². The number of benzene rings is 1. The molecule has 2 amide bonds. The van der Waals surface area contributed by atoms with Crippen molar-refractivity contribution in [3.05, 3.63) is 29.3 Å². The Morgan fingerprint density at radius 1 is 1.41 bits per heavy atom. The quantitative estimate of drug-likeness (QED) is 0.809. The predicted octanol–water partition coefficient (Wildman–Crippen LogP) is 1.38. The molecule has 1 aromatic rings. The van der Waals surface area contributed by atoms with Crippen LogP contribution in [0.2, 0.25) is 0 Å². The van der Waals surface area contributed by atoms with Gasteiger partial charge in [-0.2, -0.15) is 0 Å². The van der Waals surface area contributed by atoms with E-state index in [1.54, 1.807) is 0 Å². The molecule has 1 aliphatic heterocycles. The zero-order chi connectivity index (χ0) is 12.4. The average Bonchev–Trinajstić information content (AvgIpc) is 2.69. The monoisotopic (exact) mass is 232 g/mol. The lowest BCUT2D eigenvalue weighted by Crippen LogP contribution is -2.25. The standard InChI is InChI=1S/C13H16N2O2/c1-8-3-4-11(9(2)5-8)15-13(17)10-6-12(16)14-7-10/h3-5,10H,6-7H2,1-2H3,(H,14,16)(H,15,17). The molecule has 0 bridgehead atoms. The van der Waals surface area contributed by atoms with Gasteiger partial charge in [-0.05, 0) is 25.5 Å². The first kappa shape index (κ1) is 11.6. The van der Waals surface area contributed by atoms with Crippen LogP contribution in [0.1, 0.15) is 17.5 Å². The number of hydrogen-bond donors (Lipinski definition) is 2. The maximum Gasteiger partial charge on any atom is 0.229 e. The average molecular weight is 232 g/mol. The number of amides is 2. The highest BCUT2D eigenvalue weighted by Gasteiger charge is 2.27. The molecule has 0 radical (unpaired) electrons. The van der Waals surface area contributed by atoms with Crippen LogP contribution < -0.4 is 10.6 Å². The van der Waals surface area contributed by atoms with Gasteiger partial charge in [0, 0.05) is 18.7 Å². The molecular weight excluding hydrogens is 216 g/mol. The van der Waals surface area contributed by atoms with E-state index < -0.39 is 0 Å². The maximum atomic E-state index is 11.9. The van der Waals surface area contributed by atoms with Crippen molar-refractivity contribution >= 4 is 17.5 Å². The van der Waals surface area contributed by atoms with Crippen LogP contribution in [0.15, 0.2) is 18.2 Å². The maximum absolute atomic E-state index is 11.9. The molecule has 90 valence electrons. The Bertz CT molecular complexity index is 468. The topological polar surface area (TPSA) is 58.2 Å². The van der Waals surface area contributed by atoms with Gasteiger partial charge in [0.25, 0.3) is 0 Å². The Hall–Kier alpha value is -1.84. The summed E-state index contributed by atoms with van der Waals surface area (Å²) in [6, 6.07) is 5.88. The first-order chi connectivity index (χ1) is 8.06. The van der Waals surface area contributed by atoms with Crippen molar-refractivity contribution in [3.8, 4) is 0 Å². The first-order valence-corrected chi connectivity index (χ1v) is 5.71. The molecule has 4 nitrogen and oxygen atoms in total. The molecule has 1 heterocycles. The lowest BCUT2D eigenvalue weighted by molar-refractivity contribution is -0.123. The Kier molecular flexibility index (Phi) is 3.13. The summed E-state index contributed by atoms with van der Waals surface area (Å²) in [5, 5.41) is 5.53.